The van der Waals surface area contributed by atoms with E-state index in [1.807, 2.05) is 0 Å². The summed E-state index contributed by atoms with van der Waals surface area (Å²) in [5.41, 5.74) is 10.3. The second kappa shape index (κ2) is 10.8. The summed E-state index contributed by atoms with van der Waals surface area (Å²) in [5.74, 6) is 1.63. The molecule has 0 saturated heterocycles. The molecule has 5 heterocycles. The summed E-state index contributed by atoms with van der Waals surface area (Å²) in [6.45, 7) is 0. The van der Waals surface area contributed by atoms with E-state index in [1.165, 1.54) is 81.0 Å². The molecule has 0 aliphatic carbocycles. The van der Waals surface area contributed by atoms with E-state index in [9.17, 15) is 0 Å². The van der Waals surface area contributed by atoms with Crippen molar-refractivity contribution in [1.29, 1.82) is 0 Å². The van der Waals surface area contributed by atoms with Crippen LogP contribution in [0, 0.1) is 0 Å². The third kappa shape index (κ3) is 3.94. The smallest absolute Gasteiger partial charge is 0.162 e. The van der Waals surface area contributed by atoms with E-state index in [2.05, 4.69) is 179 Å². The van der Waals surface area contributed by atoms with Gasteiger partial charge in [-0.2, -0.15) is 0 Å². The Morgan fingerprint density at radius 3 is 1.89 bits per heavy atom. The van der Waals surface area contributed by atoms with Crippen molar-refractivity contribution in [1.82, 2.24) is 18.9 Å². The Morgan fingerprint density at radius 2 is 1.05 bits per heavy atom. The van der Waals surface area contributed by atoms with E-state index in [0.717, 1.165) is 38.3 Å². The van der Waals surface area contributed by atoms with Crippen molar-refractivity contribution in [2.45, 2.75) is 0 Å². The summed E-state index contributed by atoms with van der Waals surface area (Å²) in [7, 11) is 0. The molecular formula is C50H28N4S. The molecule has 5 aromatic heterocycles. The van der Waals surface area contributed by atoms with Crippen LogP contribution in [0.5, 0.6) is 0 Å². The Hall–Kier alpha value is -7.08. The normalized spacial score (nSPS) is 12.4. The Kier molecular flexibility index (Phi) is 5.74. The lowest BCUT2D eigenvalue weighted by Crippen LogP contribution is -2.01. The lowest BCUT2D eigenvalue weighted by molar-refractivity contribution is 1.08. The van der Waals surface area contributed by atoms with E-state index < -0.39 is 0 Å². The fourth-order valence-corrected chi connectivity index (χ4v) is 10.3. The Bertz CT molecular complexity index is 3700. The zero-order valence-electron chi connectivity index (χ0n) is 29.4. The van der Waals surface area contributed by atoms with Crippen molar-refractivity contribution in [3.05, 3.63) is 170 Å². The van der Waals surface area contributed by atoms with E-state index in [1.54, 1.807) is 11.3 Å². The van der Waals surface area contributed by atoms with Gasteiger partial charge in [0, 0.05) is 48.0 Å². The van der Waals surface area contributed by atoms with Crippen molar-refractivity contribution in [3.8, 4) is 28.3 Å². The molecule has 0 unspecified atom stereocenters. The molecule has 0 spiro atoms. The molecule has 0 aliphatic heterocycles. The van der Waals surface area contributed by atoms with Gasteiger partial charge in [0.15, 0.2) is 11.6 Å². The van der Waals surface area contributed by atoms with Gasteiger partial charge in [0.1, 0.15) is 0 Å². The number of rotatable bonds is 3. The minimum absolute atomic E-state index is 0.718. The zero-order valence-corrected chi connectivity index (χ0v) is 30.2. The average molecular weight is 717 g/mol. The van der Waals surface area contributed by atoms with E-state index in [-0.39, 0.29) is 0 Å². The van der Waals surface area contributed by atoms with Gasteiger partial charge in [-0.3, -0.25) is 4.57 Å². The molecule has 0 saturated carbocycles. The van der Waals surface area contributed by atoms with Crippen LogP contribution in [0.4, 0.5) is 0 Å². The molecule has 13 rings (SSSR count). The lowest BCUT2D eigenvalue weighted by atomic mass is 10.0. The van der Waals surface area contributed by atoms with Gasteiger partial charge >= 0.3 is 0 Å². The third-order valence-electron chi connectivity index (χ3n) is 11.6. The predicted octanol–water partition coefficient (Wildman–Crippen LogP) is 13.6. The van der Waals surface area contributed by atoms with Gasteiger partial charge in [-0.05, 0) is 58.3 Å². The molecule has 254 valence electrons. The van der Waals surface area contributed by atoms with Crippen LogP contribution >= 0.6 is 11.3 Å². The summed E-state index contributed by atoms with van der Waals surface area (Å²) in [6, 6.07) is 61.5. The molecule has 0 amide bonds. The summed E-state index contributed by atoms with van der Waals surface area (Å²) in [5, 5.41) is 11.1. The van der Waals surface area contributed by atoms with Gasteiger partial charge in [-0.1, -0.05) is 133 Å². The van der Waals surface area contributed by atoms with Crippen LogP contribution in [-0.2, 0) is 0 Å². The Morgan fingerprint density at radius 1 is 0.418 bits per heavy atom. The van der Waals surface area contributed by atoms with Crippen LogP contribution < -0.4 is 0 Å². The molecule has 8 aromatic carbocycles. The standard InChI is InChI=1S/C50H28N4S/c1-2-12-29(13-3-1)30-22-24-31(25-23-30)49-51-45-36-18-8-11-21-43(36)55-48(45)50(52-49)54-40-19-9-6-16-34(40)38-28-39-37-26-32-14-4-5-15-33(32)27-42(37)53-41-20-10-7-17-35(41)44(46(39)53)47(38)54/h1-28H. The maximum atomic E-state index is 5.58. The minimum atomic E-state index is 0.718. The van der Waals surface area contributed by atoms with Gasteiger partial charge in [-0.25, -0.2) is 9.97 Å². The molecule has 0 bridgehead atoms. The highest BCUT2D eigenvalue weighted by atomic mass is 32.1. The highest BCUT2D eigenvalue weighted by molar-refractivity contribution is 7.26. The van der Waals surface area contributed by atoms with Crippen LogP contribution in [-0.4, -0.2) is 18.9 Å². The van der Waals surface area contributed by atoms with Crippen molar-refractivity contribution >= 4 is 102 Å². The van der Waals surface area contributed by atoms with Crippen LogP contribution in [0.25, 0.3) is 119 Å². The number of fused-ring (bicyclic) bond motifs is 14. The first-order chi connectivity index (χ1) is 27.3. The van der Waals surface area contributed by atoms with Crippen LogP contribution in [0.1, 0.15) is 0 Å². The van der Waals surface area contributed by atoms with Crippen molar-refractivity contribution in [2.24, 2.45) is 0 Å². The summed E-state index contributed by atoms with van der Waals surface area (Å²) < 4.78 is 7.23. The van der Waals surface area contributed by atoms with Crippen LogP contribution in [0.15, 0.2) is 170 Å². The molecule has 0 fully saturated rings. The second-order valence-corrected chi connectivity index (χ2v) is 15.6. The molecule has 0 N–H and O–H groups in total. The first-order valence-electron chi connectivity index (χ1n) is 18.7. The number of thiophene rings is 1. The highest BCUT2D eigenvalue weighted by Gasteiger charge is 2.27. The maximum absolute atomic E-state index is 5.58. The Balaban J connectivity index is 1.20. The number of nitrogens with zero attached hydrogens (tertiary/aromatic N) is 4. The highest BCUT2D eigenvalue weighted by Crippen LogP contribution is 2.48. The molecule has 4 nitrogen and oxygen atoms in total. The molecular weight excluding hydrogens is 689 g/mol. The third-order valence-corrected chi connectivity index (χ3v) is 12.8. The second-order valence-electron chi connectivity index (χ2n) is 14.6. The van der Waals surface area contributed by atoms with Gasteiger partial charge in [-0.15, -0.1) is 11.3 Å². The van der Waals surface area contributed by atoms with Crippen molar-refractivity contribution in [2.75, 3.05) is 0 Å². The topological polar surface area (TPSA) is 35.1 Å². The SMILES string of the molecule is c1ccc(-c2ccc(-c3nc(-n4c5ccccc5c5cc6c7cc8ccccc8cc7n7c8ccccc8c(c54)c67)c4sc5ccccc5c4n3)cc2)cc1. The summed E-state index contributed by atoms with van der Waals surface area (Å²) in [4.78, 5) is 10.9. The van der Waals surface area contributed by atoms with Crippen LogP contribution in [0.2, 0.25) is 0 Å². The first kappa shape index (κ1) is 29.4. The molecule has 13 aromatic rings. The minimum Gasteiger partial charge on any atom is -0.308 e. The van der Waals surface area contributed by atoms with Gasteiger partial charge in [0.25, 0.3) is 0 Å². The largest absolute Gasteiger partial charge is 0.308 e. The summed E-state index contributed by atoms with van der Waals surface area (Å²) >= 11 is 1.78. The molecule has 5 heteroatoms. The summed E-state index contributed by atoms with van der Waals surface area (Å²) in [6.07, 6.45) is 0. The molecule has 0 atom stereocenters. The van der Waals surface area contributed by atoms with Gasteiger partial charge in [0.05, 0.1) is 37.8 Å². The Labute approximate surface area is 318 Å². The molecule has 0 aliphatic rings. The number of hydrogen-bond acceptors (Lipinski definition) is 3. The number of hydrogen-bond donors (Lipinski definition) is 0. The monoisotopic (exact) mass is 716 g/mol. The van der Waals surface area contributed by atoms with Gasteiger partial charge in [0.2, 0.25) is 0 Å². The zero-order chi connectivity index (χ0) is 35.8. The number of aromatic nitrogens is 4. The average Bonchev–Trinajstić information content (AvgIpc) is 3.98. The molecule has 0 radical (unpaired) electrons. The van der Waals surface area contributed by atoms with Crippen LogP contribution in [0.3, 0.4) is 0 Å². The maximum Gasteiger partial charge on any atom is 0.162 e. The van der Waals surface area contributed by atoms with Crippen molar-refractivity contribution in [3.63, 3.8) is 0 Å². The quantitative estimate of drug-likeness (QED) is 0.182. The number of para-hydroxylation sites is 2. The predicted molar refractivity (Wildman–Crippen MR) is 232 cm³/mol. The van der Waals surface area contributed by atoms with E-state index in [0.29, 0.717) is 0 Å². The fourth-order valence-electron chi connectivity index (χ4n) is 9.21. The fraction of sp³-hybridized carbons (Fsp3) is 0. The first-order valence-corrected chi connectivity index (χ1v) is 19.5. The van der Waals surface area contributed by atoms with Gasteiger partial charge < -0.3 is 4.40 Å². The number of benzene rings is 8. The molecule has 55 heavy (non-hydrogen) atoms. The lowest BCUT2D eigenvalue weighted by Gasteiger charge is -2.12. The van der Waals surface area contributed by atoms with E-state index in [4.69, 9.17) is 9.97 Å². The van der Waals surface area contributed by atoms with E-state index >= 15 is 0 Å². The van der Waals surface area contributed by atoms with Crippen molar-refractivity contribution < 1.29 is 0 Å².